The van der Waals surface area contributed by atoms with E-state index in [1.807, 2.05) is 24.3 Å². The maximum Gasteiger partial charge on any atom is 0.407 e. The summed E-state index contributed by atoms with van der Waals surface area (Å²) in [5.74, 6) is -2.45. The Morgan fingerprint density at radius 3 is 2.06 bits per heavy atom. The third-order valence-corrected chi connectivity index (χ3v) is 4.27. The van der Waals surface area contributed by atoms with Gasteiger partial charge in [0.15, 0.2) is 0 Å². The zero-order valence-corrected chi connectivity index (χ0v) is 17.0. The van der Waals surface area contributed by atoms with Crippen LogP contribution in [0.1, 0.15) is 18.1 Å². The standard InChI is InChI=1S/C22H25N3O6/c1-15(21(28)29)24-20(27)18(12-16-8-4-2-5-9-16)25-19(26)13-23-22(30)31-14-17-10-6-3-7-11-17/h2-11,15,18H,12-14H2,1H3,(H,23,30)(H,24,27)(H,25,26)(H,28,29). The molecule has 2 atom stereocenters. The maximum atomic E-state index is 12.5. The second kappa shape index (κ2) is 12.0. The predicted molar refractivity (Wildman–Crippen MR) is 112 cm³/mol. The van der Waals surface area contributed by atoms with Crippen LogP contribution in [0.4, 0.5) is 4.79 Å². The van der Waals surface area contributed by atoms with E-state index in [1.165, 1.54) is 6.92 Å². The van der Waals surface area contributed by atoms with E-state index in [4.69, 9.17) is 9.84 Å². The van der Waals surface area contributed by atoms with Crippen molar-refractivity contribution in [3.63, 3.8) is 0 Å². The summed E-state index contributed by atoms with van der Waals surface area (Å²) in [7, 11) is 0. The summed E-state index contributed by atoms with van der Waals surface area (Å²) >= 11 is 0. The van der Waals surface area contributed by atoms with Crippen LogP contribution in [0.2, 0.25) is 0 Å². The Morgan fingerprint density at radius 1 is 0.903 bits per heavy atom. The van der Waals surface area contributed by atoms with Gasteiger partial charge in [-0.1, -0.05) is 60.7 Å². The Bertz CT molecular complexity index is 889. The van der Waals surface area contributed by atoms with Crippen molar-refractivity contribution >= 4 is 23.9 Å². The van der Waals surface area contributed by atoms with Gasteiger partial charge in [0.25, 0.3) is 0 Å². The number of nitrogens with one attached hydrogen (secondary N) is 3. The Morgan fingerprint density at radius 2 is 1.48 bits per heavy atom. The van der Waals surface area contributed by atoms with E-state index in [0.29, 0.717) is 0 Å². The number of ether oxygens (including phenoxy) is 1. The highest BCUT2D eigenvalue weighted by atomic mass is 16.5. The van der Waals surface area contributed by atoms with Crippen molar-refractivity contribution in [1.29, 1.82) is 0 Å². The van der Waals surface area contributed by atoms with Crippen molar-refractivity contribution in [3.05, 3.63) is 71.8 Å². The molecule has 0 heterocycles. The quantitative estimate of drug-likeness (QED) is 0.451. The predicted octanol–water partition coefficient (Wildman–Crippen LogP) is 1.23. The molecule has 2 aromatic carbocycles. The van der Waals surface area contributed by atoms with Crippen LogP contribution < -0.4 is 16.0 Å². The molecule has 4 N–H and O–H groups in total. The summed E-state index contributed by atoms with van der Waals surface area (Å²) in [5.41, 5.74) is 1.58. The fourth-order valence-electron chi connectivity index (χ4n) is 2.61. The van der Waals surface area contributed by atoms with Gasteiger partial charge in [0.05, 0.1) is 0 Å². The van der Waals surface area contributed by atoms with Crippen LogP contribution in [0.3, 0.4) is 0 Å². The van der Waals surface area contributed by atoms with E-state index in [2.05, 4.69) is 16.0 Å². The van der Waals surface area contributed by atoms with Crippen LogP contribution in [0.5, 0.6) is 0 Å². The van der Waals surface area contributed by atoms with E-state index in [1.54, 1.807) is 36.4 Å². The van der Waals surface area contributed by atoms with Crippen molar-refractivity contribution in [3.8, 4) is 0 Å². The first kappa shape index (κ1) is 23.4. The van der Waals surface area contributed by atoms with Crippen molar-refractivity contribution in [2.75, 3.05) is 6.54 Å². The van der Waals surface area contributed by atoms with E-state index >= 15 is 0 Å². The molecule has 0 saturated carbocycles. The molecule has 9 nitrogen and oxygen atoms in total. The topological polar surface area (TPSA) is 134 Å². The molecule has 0 aliphatic heterocycles. The summed E-state index contributed by atoms with van der Waals surface area (Å²) in [6, 6.07) is 15.9. The first-order chi connectivity index (χ1) is 14.8. The number of carbonyl (C=O) groups is 4. The number of hydrogen-bond acceptors (Lipinski definition) is 5. The van der Waals surface area contributed by atoms with Gasteiger partial charge in [-0.05, 0) is 18.1 Å². The lowest BCUT2D eigenvalue weighted by atomic mass is 10.0. The molecule has 0 aliphatic rings. The van der Waals surface area contributed by atoms with Crippen LogP contribution in [0.15, 0.2) is 60.7 Å². The summed E-state index contributed by atoms with van der Waals surface area (Å²) in [6.45, 7) is 0.979. The number of benzene rings is 2. The molecule has 0 spiro atoms. The van der Waals surface area contributed by atoms with Crippen LogP contribution >= 0.6 is 0 Å². The van der Waals surface area contributed by atoms with E-state index in [-0.39, 0.29) is 13.0 Å². The molecule has 0 fully saturated rings. The minimum atomic E-state index is -1.19. The Labute approximate surface area is 179 Å². The molecule has 0 aromatic heterocycles. The van der Waals surface area contributed by atoms with Gasteiger partial charge in [-0.25, -0.2) is 4.79 Å². The second-order valence-corrected chi connectivity index (χ2v) is 6.79. The number of carboxylic acids is 1. The highest BCUT2D eigenvalue weighted by Crippen LogP contribution is 2.04. The molecule has 2 unspecified atom stereocenters. The second-order valence-electron chi connectivity index (χ2n) is 6.79. The van der Waals surface area contributed by atoms with Crippen molar-refractivity contribution in [1.82, 2.24) is 16.0 Å². The minimum absolute atomic E-state index is 0.0560. The van der Waals surface area contributed by atoms with Crippen molar-refractivity contribution in [2.45, 2.75) is 32.0 Å². The van der Waals surface area contributed by atoms with Gasteiger partial charge < -0.3 is 25.8 Å². The van der Waals surface area contributed by atoms with E-state index in [0.717, 1.165) is 11.1 Å². The van der Waals surface area contributed by atoms with Gasteiger partial charge in [-0.3, -0.25) is 14.4 Å². The van der Waals surface area contributed by atoms with E-state index in [9.17, 15) is 19.2 Å². The maximum absolute atomic E-state index is 12.5. The molecule has 2 rings (SSSR count). The number of aliphatic carboxylic acids is 1. The first-order valence-electron chi connectivity index (χ1n) is 9.66. The van der Waals surface area contributed by atoms with Crippen LogP contribution in [0.25, 0.3) is 0 Å². The van der Waals surface area contributed by atoms with Gasteiger partial charge in [0.1, 0.15) is 25.2 Å². The van der Waals surface area contributed by atoms with Crippen molar-refractivity contribution in [2.24, 2.45) is 0 Å². The molecule has 0 aliphatic carbocycles. The lowest BCUT2D eigenvalue weighted by Crippen LogP contribution is -2.53. The molecule has 164 valence electrons. The average Bonchev–Trinajstić information content (AvgIpc) is 2.77. The van der Waals surface area contributed by atoms with Gasteiger partial charge in [0.2, 0.25) is 11.8 Å². The zero-order chi connectivity index (χ0) is 22.6. The monoisotopic (exact) mass is 427 g/mol. The molecule has 0 bridgehead atoms. The number of carbonyl (C=O) groups excluding carboxylic acids is 3. The van der Waals surface area contributed by atoms with Gasteiger partial charge in [0, 0.05) is 6.42 Å². The lowest BCUT2D eigenvalue weighted by molar-refractivity contribution is -0.141. The molecular formula is C22H25N3O6. The number of carboxylic acid groups (broad SMARTS) is 1. The Balaban J connectivity index is 1.89. The summed E-state index contributed by atoms with van der Waals surface area (Å²) in [5, 5.41) is 16.2. The van der Waals surface area contributed by atoms with Gasteiger partial charge >= 0.3 is 12.1 Å². The molecule has 2 aromatic rings. The molecule has 0 saturated heterocycles. The first-order valence-corrected chi connectivity index (χ1v) is 9.66. The molecule has 9 heteroatoms. The van der Waals surface area contributed by atoms with Crippen LogP contribution in [-0.4, -0.2) is 47.6 Å². The number of amides is 3. The van der Waals surface area contributed by atoms with Gasteiger partial charge in [-0.15, -0.1) is 0 Å². The lowest BCUT2D eigenvalue weighted by Gasteiger charge is -2.20. The van der Waals surface area contributed by atoms with Crippen molar-refractivity contribution < 1.29 is 29.0 Å². The third-order valence-electron chi connectivity index (χ3n) is 4.27. The molecular weight excluding hydrogens is 402 g/mol. The minimum Gasteiger partial charge on any atom is -0.480 e. The summed E-state index contributed by atoms with van der Waals surface area (Å²) < 4.78 is 5.03. The Kier molecular flexibility index (Phi) is 9.03. The van der Waals surface area contributed by atoms with Crippen LogP contribution in [0, 0.1) is 0 Å². The highest BCUT2D eigenvalue weighted by Gasteiger charge is 2.24. The van der Waals surface area contributed by atoms with E-state index < -0.39 is 42.5 Å². The summed E-state index contributed by atoms with van der Waals surface area (Å²) in [6.07, 6.45) is -0.619. The average molecular weight is 427 g/mol. The highest BCUT2D eigenvalue weighted by molar-refractivity contribution is 5.91. The largest absolute Gasteiger partial charge is 0.480 e. The fourth-order valence-corrected chi connectivity index (χ4v) is 2.61. The zero-order valence-electron chi connectivity index (χ0n) is 17.0. The Hall–Kier alpha value is -3.88. The smallest absolute Gasteiger partial charge is 0.407 e. The third kappa shape index (κ3) is 8.57. The number of hydrogen-bond donors (Lipinski definition) is 4. The van der Waals surface area contributed by atoms with Crippen LogP contribution in [-0.2, 0) is 32.1 Å². The summed E-state index contributed by atoms with van der Waals surface area (Å²) in [4.78, 5) is 47.6. The SMILES string of the molecule is CC(NC(=O)C(Cc1ccccc1)NC(=O)CNC(=O)OCc1ccccc1)C(=O)O. The van der Waals surface area contributed by atoms with Gasteiger partial charge in [-0.2, -0.15) is 0 Å². The number of rotatable bonds is 10. The molecule has 31 heavy (non-hydrogen) atoms. The number of alkyl carbamates (subject to hydrolysis) is 1. The molecule has 0 radical (unpaired) electrons. The molecule has 3 amide bonds. The fraction of sp³-hybridized carbons (Fsp3) is 0.273. The normalized spacial score (nSPS) is 12.2.